The second-order valence-corrected chi connectivity index (χ2v) is 5.58. The van der Waals surface area contributed by atoms with Crippen LogP contribution in [0.15, 0.2) is 36.4 Å². The van der Waals surface area contributed by atoms with Crippen molar-refractivity contribution in [1.82, 2.24) is 0 Å². The van der Waals surface area contributed by atoms with Gasteiger partial charge < -0.3 is 0 Å². The number of hydrogen-bond donors (Lipinski definition) is 0. The van der Waals surface area contributed by atoms with Gasteiger partial charge in [-0.3, -0.25) is 4.79 Å². The molecule has 0 aliphatic rings. The highest BCUT2D eigenvalue weighted by Gasteiger charge is 2.10. The van der Waals surface area contributed by atoms with E-state index in [1.54, 1.807) is 18.2 Å². The highest BCUT2D eigenvalue weighted by atomic mass is 127. The minimum atomic E-state index is -0.691. The number of benzene rings is 2. The lowest BCUT2D eigenvalue weighted by atomic mass is 10.0. The number of carbonyl (C=O) groups excluding carboxylic acids is 1. The topological polar surface area (TPSA) is 17.1 Å². The second kappa shape index (κ2) is 5.96. The van der Waals surface area contributed by atoms with Crippen molar-refractivity contribution in [2.24, 2.45) is 0 Å². The first-order chi connectivity index (χ1) is 8.95. The molecule has 2 rings (SSSR count). The average Bonchev–Trinajstić information content (AvgIpc) is 2.31. The highest BCUT2D eigenvalue weighted by Crippen LogP contribution is 2.21. The van der Waals surface area contributed by atoms with E-state index in [4.69, 9.17) is 11.6 Å². The maximum atomic E-state index is 13.0. The van der Waals surface area contributed by atoms with Crippen LogP contribution in [0.1, 0.15) is 15.9 Å². The van der Waals surface area contributed by atoms with Crippen LogP contribution in [-0.4, -0.2) is 5.78 Å². The van der Waals surface area contributed by atoms with Gasteiger partial charge in [0.1, 0.15) is 11.6 Å². The molecule has 0 bridgehead atoms. The summed E-state index contributed by atoms with van der Waals surface area (Å²) in [4.78, 5) is 12.0. The van der Waals surface area contributed by atoms with Crippen molar-refractivity contribution in [1.29, 1.82) is 0 Å². The van der Waals surface area contributed by atoms with E-state index < -0.39 is 11.6 Å². The molecule has 0 amide bonds. The molecule has 0 fully saturated rings. The van der Waals surface area contributed by atoms with E-state index in [1.807, 2.05) is 0 Å². The predicted octanol–water partition coefficient (Wildman–Crippen LogP) is 4.65. The first-order valence-electron chi connectivity index (χ1n) is 5.39. The van der Waals surface area contributed by atoms with Gasteiger partial charge in [0.05, 0.1) is 5.02 Å². The van der Waals surface area contributed by atoms with Crippen molar-refractivity contribution in [3.8, 4) is 0 Å². The lowest BCUT2D eigenvalue weighted by Gasteiger charge is -2.04. The maximum absolute atomic E-state index is 13.0. The molecular formula is C14H8ClF2IO. The molecule has 0 aromatic heterocycles. The molecule has 0 aliphatic carbocycles. The average molecular weight is 393 g/mol. The SMILES string of the molecule is O=C(Cc1cc(F)cc(F)c1)c1ccc(I)c(Cl)c1. The summed E-state index contributed by atoms with van der Waals surface area (Å²) in [5, 5.41) is 0.483. The minimum Gasteiger partial charge on any atom is -0.294 e. The summed E-state index contributed by atoms with van der Waals surface area (Å²) < 4.78 is 26.9. The van der Waals surface area contributed by atoms with Crippen LogP contribution >= 0.6 is 34.2 Å². The van der Waals surface area contributed by atoms with Gasteiger partial charge in [-0.15, -0.1) is 0 Å². The van der Waals surface area contributed by atoms with Crippen molar-refractivity contribution in [2.45, 2.75) is 6.42 Å². The molecule has 0 spiro atoms. The van der Waals surface area contributed by atoms with Crippen LogP contribution in [0, 0.1) is 15.2 Å². The van der Waals surface area contributed by atoms with Gasteiger partial charge in [-0.05, 0) is 52.4 Å². The van der Waals surface area contributed by atoms with E-state index in [2.05, 4.69) is 22.6 Å². The summed E-state index contributed by atoms with van der Waals surface area (Å²) in [5.74, 6) is -1.62. The van der Waals surface area contributed by atoms with Crippen molar-refractivity contribution in [3.63, 3.8) is 0 Å². The molecule has 0 unspecified atom stereocenters. The Morgan fingerprint density at radius 1 is 1.11 bits per heavy atom. The standard InChI is InChI=1S/C14H8ClF2IO/c15-12-6-9(1-2-13(12)18)14(19)5-8-3-10(16)7-11(17)4-8/h1-4,6-7H,5H2. The van der Waals surface area contributed by atoms with Gasteiger partial charge in [0.15, 0.2) is 5.78 Å². The fourth-order valence-corrected chi connectivity index (χ4v) is 2.19. The number of halogens is 4. The number of rotatable bonds is 3. The minimum absolute atomic E-state index is 0.0639. The van der Waals surface area contributed by atoms with Crippen LogP contribution in [0.3, 0.4) is 0 Å². The van der Waals surface area contributed by atoms with Gasteiger partial charge in [-0.2, -0.15) is 0 Å². The van der Waals surface area contributed by atoms with Gasteiger partial charge in [0, 0.05) is 21.6 Å². The van der Waals surface area contributed by atoms with Gasteiger partial charge in [0.2, 0.25) is 0 Å². The van der Waals surface area contributed by atoms with E-state index in [0.717, 1.165) is 21.8 Å². The molecule has 0 aliphatic heterocycles. The summed E-state index contributed by atoms with van der Waals surface area (Å²) in [6, 6.07) is 8.00. The molecule has 0 saturated heterocycles. The van der Waals surface area contributed by atoms with Crippen LogP contribution in [0.5, 0.6) is 0 Å². The van der Waals surface area contributed by atoms with E-state index in [-0.39, 0.29) is 12.2 Å². The number of ketones is 1. The van der Waals surface area contributed by atoms with Crippen molar-refractivity contribution >= 4 is 40.0 Å². The predicted molar refractivity (Wildman–Crippen MR) is 78.6 cm³/mol. The molecule has 0 heterocycles. The first kappa shape index (κ1) is 14.4. The molecule has 0 saturated carbocycles. The van der Waals surface area contributed by atoms with Gasteiger partial charge in [0.25, 0.3) is 0 Å². The van der Waals surface area contributed by atoms with E-state index >= 15 is 0 Å². The molecule has 0 atom stereocenters. The Bertz CT molecular complexity index is 623. The molecule has 0 N–H and O–H groups in total. The summed E-state index contributed by atoms with van der Waals surface area (Å²) in [6.07, 6.45) is -0.0639. The smallest absolute Gasteiger partial charge is 0.167 e. The number of hydrogen-bond acceptors (Lipinski definition) is 1. The lowest BCUT2D eigenvalue weighted by Crippen LogP contribution is -2.04. The molecule has 5 heteroatoms. The third-order valence-electron chi connectivity index (χ3n) is 2.53. The Balaban J connectivity index is 2.22. The first-order valence-corrected chi connectivity index (χ1v) is 6.84. The zero-order valence-corrected chi connectivity index (χ0v) is 12.5. The summed E-state index contributed by atoms with van der Waals surface area (Å²) >= 11 is 7.99. The van der Waals surface area contributed by atoms with Crippen molar-refractivity contribution in [3.05, 3.63) is 67.8 Å². The normalized spacial score (nSPS) is 10.5. The van der Waals surface area contributed by atoms with Crippen LogP contribution in [0.25, 0.3) is 0 Å². The number of Topliss-reactive ketones (excluding diaryl/α,β-unsaturated/α-hetero) is 1. The van der Waals surface area contributed by atoms with Gasteiger partial charge in [-0.1, -0.05) is 17.7 Å². The van der Waals surface area contributed by atoms with E-state index in [0.29, 0.717) is 16.1 Å². The summed E-state index contributed by atoms with van der Waals surface area (Å²) in [6.45, 7) is 0. The van der Waals surface area contributed by atoms with Crippen LogP contribution in [0.4, 0.5) is 8.78 Å². The highest BCUT2D eigenvalue weighted by molar-refractivity contribution is 14.1. The number of carbonyl (C=O) groups is 1. The lowest BCUT2D eigenvalue weighted by molar-refractivity contribution is 0.0993. The maximum Gasteiger partial charge on any atom is 0.167 e. The largest absolute Gasteiger partial charge is 0.294 e. The third kappa shape index (κ3) is 3.73. The Labute approximate surface area is 127 Å². The third-order valence-corrected chi connectivity index (χ3v) is 4.10. The fourth-order valence-electron chi connectivity index (χ4n) is 1.67. The van der Waals surface area contributed by atoms with Crippen LogP contribution in [0.2, 0.25) is 5.02 Å². The quantitative estimate of drug-likeness (QED) is 0.549. The Morgan fingerprint density at radius 2 is 1.74 bits per heavy atom. The van der Waals surface area contributed by atoms with Crippen molar-refractivity contribution < 1.29 is 13.6 Å². The van der Waals surface area contributed by atoms with Crippen molar-refractivity contribution in [2.75, 3.05) is 0 Å². The molecule has 98 valence electrons. The summed E-state index contributed by atoms with van der Waals surface area (Å²) in [7, 11) is 0. The molecule has 2 aromatic rings. The van der Waals surface area contributed by atoms with Gasteiger partial charge in [-0.25, -0.2) is 8.78 Å². The zero-order valence-electron chi connectivity index (χ0n) is 9.59. The Hall–Kier alpha value is -1.01. The zero-order chi connectivity index (χ0) is 14.0. The summed E-state index contributed by atoms with van der Waals surface area (Å²) in [5.41, 5.74) is 0.729. The monoisotopic (exact) mass is 392 g/mol. The molecule has 1 nitrogen and oxygen atoms in total. The van der Waals surface area contributed by atoms with Gasteiger partial charge >= 0.3 is 0 Å². The second-order valence-electron chi connectivity index (χ2n) is 4.01. The fraction of sp³-hybridized carbons (Fsp3) is 0.0714. The molecular weight excluding hydrogens is 385 g/mol. The Morgan fingerprint density at radius 3 is 2.32 bits per heavy atom. The molecule has 0 radical (unpaired) electrons. The Kier molecular flexibility index (Phi) is 4.52. The molecule has 19 heavy (non-hydrogen) atoms. The van der Waals surface area contributed by atoms with Crippen LogP contribution < -0.4 is 0 Å². The van der Waals surface area contributed by atoms with E-state index in [1.165, 1.54) is 0 Å². The van der Waals surface area contributed by atoms with Crippen LogP contribution in [-0.2, 0) is 6.42 Å². The van der Waals surface area contributed by atoms with E-state index in [9.17, 15) is 13.6 Å². The molecule has 2 aromatic carbocycles.